The van der Waals surface area contributed by atoms with Gasteiger partial charge in [0.2, 0.25) is 0 Å². The lowest BCUT2D eigenvalue weighted by Gasteiger charge is -2.24. The van der Waals surface area contributed by atoms with E-state index < -0.39 is 17.8 Å². The number of nitrogens with zero attached hydrogens (tertiary/aromatic N) is 3. The van der Waals surface area contributed by atoms with Crippen molar-refractivity contribution in [3.8, 4) is 0 Å². The van der Waals surface area contributed by atoms with Gasteiger partial charge in [-0.3, -0.25) is 0 Å². The van der Waals surface area contributed by atoms with Crippen molar-refractivity contribution in [2.24, 2.45) is 0 Å². The van der Waals surface area contributed by atoms with Crippen molar-refractivity contribution in [3.63, 3.8) is 0 Å². The summed E-state index contributed by atoms with van der Waals surface area (Å²) in [5, 5.41) is 10.6. The van der Waals surface area contributed by atoms with Crippen LogP contribution in [0.15, 0.2) is 17.4 Å². The van der Waals surface area contributed by atoms with Gasteiger partial charge < -0.3 is 14.7 Å². The Labute approximate surface area is 128 Å². The molecule has 1 aliphatic heterocycles. The van der Waals surface area contributed by atoms with Crippen LogP contribution in [-0.2, 0) is 4.74 Å². The van der Waals surface area contributed by atoms with Gasteiger partial charge in [0.25, 0.3) is 0 Å². The SMILES string of the molecule is Cc1ccnc(S[C@@H]2CN(C(=O)OC(C)(C)C)C[C@H]2O)n1. The maximum atomic E-state index is 12.0. The van der Waals surface area contributed by atoms with Crippen LogP contribution >= 0.6 is 11.8 Å². The normalized spacial score (nSPS) is 22.4. The van der Waals surface area contributed by atoms with Crippen LogP contribution < -0.4 is 0 Å². The maximum absolute atomic E-state index is 12.0. The molecule has 7 heteroatoms. The fourth-order valence-electron chi connectivity index (χ4n) is 1.97. The lowest BCUT2D eigenvalue weighted by molar-refractivity contribution is 0.0270. The monoisotopic (exact) mass is 311 g/mol. The first kappa shape index (κ1) is 16.0. The molecule has 0 spiro atoms. The molecule has 1 amide bonds. The first-order valence-electron chi connectivity index (χ1n) is 6.87. The number of hydrogen-bond acceptors (Lipinski definition) is 6. The topological polar surface area (TPSA) is 75.6 Å². The number of carbonyl (C=O) groups is 1. The zero-order valence-electron chi connectivity index (χ0n) is 12.7. The summed E-state index contributed by atoms with van der Waals surface area (Å²) in [6.07, 6.45) is 0.693. The first-order chi connectivity index (χ1) is 9.74. The Morgan fingerprint density at radius 1 is 1.48 bits per heavy atom. The fourth-order valence-corrected chi connectivity index (χ4v) is 3.05. The van der Waals surface area contributed by atoms with Crippen molar-refractivity contribution in [2.45, 2.75) is 49.8 Å². The molecule has 116 valence electrons. The van der Waals surface area contributed by atoms with Gasteiger partial charge in [0.15, 0.2) is 5.16 Å². The largest absolute Gasteiger partial charge is 0.444 e. The predicted molar refractivity (Wildman–Crippen MR) is 80.2 cm³/mol. The van der Waals surface area contributed by atoms with E-state index in [0.29, 0.717) is 11.7 Å². The highest BCUT2D eigenvalue weighted by Gasteiger charge is 2.37. The third kappa shape index (κ3) is 4.57. The average Bonchev–Trinajstić information content (AvgIpc) is 2.69. The smallest absolute Gasteiger partial charge is 0.410 e. The van der Waals surface area contributed by atoms with Gasteiger partial charge in [0, 0.05) is 18.4 Å². The Bertz CT molecular complexity index is 518. The fraction of sp³-hybridized carbons (Fsp3) is 0.643. The molecular formula is C14H21N3O3S. The van der Waals surface area contributed by atoms with Gasteiger partial charge >= 0.3 is 6.09 Å². The predicted octanol–water partition coefficient (Wildman–Crippen LogP) is 1.86. The number of likely N-dealkylation sites (tertiary alicyclic amines) is 1. The Kier molecular flexibility index (Phi) is 4.73. The summed E-state index contributed by atoms with van der Waals surface area (Å²) in [6, 6.07) is 1.82. The number of β-amino-alcohol motifs (C(OH)–C–C–N with tert-alkyl or cyclic N) is 1. The lowest BCUT2D eigenvalue weighted by Crippen LogP contribution is -2.35. The second kappa shape index (κ2) is 6.19. The van der Waals surface area contributed by atoms with Gasteiger partial charge in [-0.15, -0.1) is 0 Å². The summed E-state index contributed by atoms with van der Waals surface area (Å²) in [5.41, 5.74) is 0.344. The molecule has 0 bridgehead atoms. The minimum atomic E-state index is -0.605. The van der Waals surface area contributed by atoms with E-state index in [-0.39, 0.29) is 11.8 Å². The Morgan fingerprint density at radius 2 is 2.19 bits per heavy atom. The minimum absolute atomic E-state index is 0.140. The molecule has 6 nitrogen and oxygen atoms in total. The molecular weight excluding hydrogens is 290 g/mol. The van der Waals surface area contributed by atoms with Gasteiger partial charge in [-0.05, 0) is 33.8 Å². The number of rotatable bonds is 2. The Morgan fingerprint density at radius 3 is 2.81 bits per heavy atom. The number of carbonyl (C=O) groups excluding carboxylic acids is 1. The van der Waals surface area contributed by atoms with Crippen LogP contribution in [0.4, 0.5) is 4.79 Å². The standard InChI is InChI=1S/C14H21N3O3S/c1-9-5-6-15-12(16-9)21-11-8-17(7-10(11)18)13(19)20-14(2,3)4/h5-6,10-11,18H,7-8H2,1-4H3/t10-,11-/m1/s1. The molecule has 2 atom stereocenters. The van der Waals surface area contributed by atoms with E-state index in [4.69, 9.17) is 4.74 Å². The number of aryl methyl sites for hydroxylation is 1. The molecule has 1 aromatic rings. The third-order valence-electron chi connectivity index (χ3n) is 2.92. The first-order valence-corrected chi connectivity index (χ1v) is 7.75. The van der Waals surface area contributed by atoms with Crippen molar-refractivity contribution in [1.29, 1.82) is 0 Å². The Hall–Kier alpha value is -1.34. The number of thioether (sulfide) groups is 1. The molecule has 0 saturated carbocycles. The summed E-state index contributed by atoms with van der Waals surface area (Å²) in [4.78, 5) is 22.0. The zero-order valence-corrected chi connectivity index (χ0v) is 13.6. The lowest BCUT2D eigenvalue weighted by atomic mass is 10.2. The van der Waals surface area contributed by atoms with E-state index in [9.17, 15) is 9.90 Å². The van der Waals surface area contributed by atoms with Gasteiger partial charge in [-0.25, -0.2) is 14.8 Å². The molecule has 1 fully saturated rings. The Balaban J connectivity index is 1.96. The molecule has 1 N–H and O–H groups in total. The summed E-state index contributed by atoms with van der Waals surface area (Å²) in [6.45, 7) is 8.07. The average molecular weight is 311 g/mol. The molecule has 0 aliphatic carbocycles. The van der Waals surface area contributed by atoms with Crippen LogP contribution in [0.5, 0.6) is 0 Å². The summed E-state index contributed by atoms with van der Waals surface area (Å²) >= 11 is 1.39. The number of aliphatic hydroxyl groups is 1. The number of aromatic nitrogens is 2. The molecule has 2 rings (SSSR count). The molecule has 1 aliphatic rings. The van der Waals surface area contributed by atoms with E-state index in [2.05, 4.69) is 9.97 Å². The van der Waals surface area contributed by atoms with Crippen molar-refractivity contribution in [1.82, 2.24) is 14.9 Å². The summed E-state index contributed by atoms with van der Waals surface area (Å²) in [7, 11) is 0. The van der Waals surface area contributed by atoms with Gasteiger partial charge in [-0.1, -0.05) is 11.8 Å². The van der Waals surface area contributed by atoms with Crippen LogP contribution in [0.3, 0.4) is 0 Å². The quantitative estimate of drug-likeness (QED) is 0.840. The van der Waals surface area contributed by atoms with Crippen LogP contribution in [0, 0.1) is 6.92 Å². The van der Waals surface area contributed by atoms with E-state index in [1.165, 1.54) is 16.7 Å². The number of hydrogen-bond donors (Lipinski definition) is 1. The van der Waals surface area contributed by atoms with Crippen molar-refractivity contribution in [2.75, 3.05) is 13.1 Å². The summed E-state index contributed by atoms with van der Waals surface area (Å²) < 4.78 is 5.32. The van der Waals surface area contributed by atoms with Crippen molar-refractivity contribution >= 4 is 17.9 Å². The van der Waals surface area contributed by atoms with Gasteiger partial charge in [-0.2, -0.15) is 0 Å². The molecule has 1 aromatic heterocycles. The van der Waals surface area contributed by atoms with Crippen LogP contribution in [0.2, 0.25) is 0 Å². The molecule has 1 saturated heterocycles. The number of amides is 1. The highest BCUT2D eigenvalue weighted by atomic mass is 32.2. The highest BCUT2D eigenvalue weighted by Crippen LogP contribution is 2.28. The second-order valence-corrected chi connectivity index (χ2v) is 7.30. The number of ether oxygens (including phenoxy) is 1. The highest BCUT2D eigenvalue weighted by molar-refractivity contribution is 7.99. The summed E-state index contributed by atoms with van der Waals surface area (Å²) in [5.74, 6) is 0. The second-order valence-electron chi connectivity index (χ2n) is 6.09. The van der Waals surface area contributed by atoms with E-state index in [0.717, 1.165) is 5.69 Å². The van der Waals surface area contributed by atoms with E-state index >= 15 is 0 Å². The number of aliphatic hydroxyl groups excluding tert-OH is 1. The van der Waals surface area contributed by atoms with Crippen LogP contribution in [0.25, 0.3) is 0 Å². The van der Waals surface area contributed by atoms with E-state index in [1.54, 1.807) is 6.20 Å². The van der Waals surface area contributed by atoms with Crippen LogP contribution in [-0.4, -0.2) is 56.1 Å². The van der Waals surface area contributed by atoms with Gasteiger partial charge in [0.05, 0.1) is 17.9 Å². The van der Waals surface area contributed by atoms with E-state index in [1.807, 2.05) is 33.8 Å². The molecule has 21 heavy (non-hydrogen) atoms. The molecule has 2 heterocycles. The molecule has 0 aromatic carbocycles. The molecule has 0 unspecified atom stereocenters. The van der Waals surface area contributed by atoms with Gasteiger partial charge in [0.1, 0.15) is 5.60 Å². The van der Waals surface area contributed by atoms with Crippen molar-refractivity contribution < 1.29 is 14.6 Å². The zero-order chi connectivity index (χ0) is 15.6. The minimum Gasteiger partial charge on any atom is -0.444 e. The third-order valence-corrected chi connectivity index (χ3v) is 4.09. The maximum Gasteiger partial charge on any atom is 0.410 e. The molecule has 0 radical (unpaired) electrons. The van der Waals surface area contributed by atoms with Crippen molar-refractivity contribution in [3.05, 3.63) is 18.0 Å². The van der Waals surface area contributed by atoms with Crippen LogP contribution in [0.1, 0.15) is 26.5 Å².